The molecule has 1 amide bonds. The van der Waals surface area contributed by atoms with E-state index in [4.69, 9.17) is 11.6 Å². The van der Waals surface area contributed by atoms with E-state index >= 15 is 0 Å². The minimum atomic E-state index is -1.98. The van der Waals surface area contributed by atoms with Crippen LogP contribution < -0.4 is 4.90 Å². The van der Waals surface area contributed by atoms with Crippen molar-refractivity contribution in [3.05, 3.63) is 112 Å². The third kappa shape index (κ3) is 3.82. The van der Waals surface area contributed by atoms with E-state index in [-0.39, 0.29) is 12.2 Å². The summed E-state index contributed by atoms with van der Waals surface area (Å²) >= 11 is 6.22. The van der Waals surface area contributed by atoms with E-state index in [9.17, 15) is 14.7 Å². The van der Waals surface area contributed by atoms with Gasteiger partial charge in [-0.05, 0) is 47.5 Å². The first kappa shape index (κ1) is 21.4. The monoisotopic (exact) mass is 455 g/mol. The molecule has 1 atom stereocenters. The summed E-state index contributed by atoms with van der Waals surface area (Å²) in [4.78, 5) is 28.3. The number of aliphatic hydroxyl groups is 1. The van der Waals surface area contributed by atoms with Gasteiger partial charge in [0.15, 0.2) is 11.4 Å². The number of hydrogen-bond donors (Lipinski definition) is 1. The molecule has 1 aliphatic rings. The Hall–Kier alpha value is -3.47. The summed E-state index contributed by atoms with van der Waals surface area (Å²) in [5.74, 6) is -0.825. The van der Waals surface area contributed by atoms with Gasteiger partial charge in [-0.2, -0.15) is 0 Å². The van der Waals surface area contributed by atoms with Gasteiger partial charge in [-0.3, -0.25) is 9.59 Å². The van der Waals surface area contributed by atoms with E-state index in [0.717, 1.165) is 21.9 Å². The topological polar surface area (TPSA) is 57.6 Å². The van der Waals surface area contributed by atoms with Crippen LogP contribution in [0.25, 0.3) is 10.8 Å². The first-order valence-electron chi connectivity index (χ1n) is 10.8. The number of nitrogens with zero attached hydrogens (tertiary/aromatic N) is 1. The number of halogens is 1. The molecule has 1 aliphatic heterocycles. The molecule has 0 radical (unpaired) electrons. The fourth-order valence-corrected chi connectivity index (χ4v) is 4.60. The number of hydrogen-bond acceptors (Lipinski definition) is 3. The van der Waals surface area contributed by atoms with Gasteiger partial charge in [-0.25, -0.2) is 0 Å². The predicted octanol–water partition coefficient (Wildman–Crippen LogP) is 5.81. The third-order valence-electron chi connectivity index (χ3n) is 6.24. The lowest BCUT2D eigenvalue weighted by Gasteiger charge is -2.23. The number of benzene rings is 4. The molecule has 1 N–H and O–H groups in total. The summed E-state index contributed by atoms with van der Waals surface area (Å²) in [7, 11) is 0. The molecule has 164 valence electrons. The van der Waals surface area contributed by atoms with E-state index in [1.54, 1.807) is 30.3 Å². The van der Waals surface area contributed by atoms with Crippen molar-refractivity contribution in [3.8, 4) is 0 Å². The van der Waals surface area contributed by atoms with Crippen LogP contribution in [-0.2, 0) is 16.9 Å². The van der Waals surface area contributed by atoms with Crippen molar-refractivity contribution in [3.63, 3.8) is 0 Å². The molecular formula is C28H22ClNO3. The van der Waals surface area contributed by atoms with E-state index in [1.807, 2.05) is 61.5 Å². The lowest BCUT2D eigenvalue weighted by molar-refractivity contribution is -0.136. The standard InChI is InChI=1S/C28H22ClNO3/c1-18-6-8-19(9-7-18)17-30-25-13-12-23(29)15-24(25)28(33,27(30)32)16-26(31)22-11-10-20-4-2-3-5-21(20)14-22/h2-15,33H,16-17H2,1H3/t28-/m1/s1. The van der Waals surface area contributed by atoms with Crippen LogP contribution in [0.5, 0.6) is 0 Å². The molecule has 1 heterocycles. The second-order valence-electron chi connectivity index (χ2n) is 8.56. The molecule has 0 aliphatic carbocycles. The Morgan fingerprint density at radius 1 is 0.939 bits per heavy atom. The molecule has 0 unspecified atom stereocenters. The normalized spacial score (nSPS) is 17.4. The van der Waals surface area contributed by atoms with Gasteiger partial charge in [0.2, 0.25) is 0 Å². The first-order chi connectivity index (χ1) is 15.8. The number of anilines is 1. The van der Waals surface area contributed by atoms with Crippen molar-refractivity contribution >= 4 is 39.8 Å². The van der Waals surface area contributed by atoms with Gasteiger partial charge in [0.05, 0.1) is 18.7 Å². The SMILES string of the molecule is Cc1ccc(CN2C(=O)[C@@](O)(CC(=O)c3ccc4ccccc4c3)c3cc(Cl)ccc32)cc1. The number of Topliss-reactive ketones (excluding diaryl/α,β-unsaturated/α-hetero) is 1. The summed E-state index contributed by atoms with van der Waals surface area (Å²) in [6.45, 7) is 2.29. The highest BCUT2D eigenvalue weighted by Crippen LogP contribution is 2.44. The second-order valence-corrected chi connectivity index (χ2v) is 9.00. The Kier molecular flexibility index (Phi) is 5.28. The van der Waals surface area contributed by atoms with E-state index in [2.05, 4.69) is 0 Å². The Bertz CT molecular complexity index is 1400. The van der Waals surface area contributed by atoms with Gasteiger partial charge in [0, 0.05) is 16.1 Å². The predicted molar refractivity (Wildman–Crippen MR) is 131 cm³/mol. The van der Waals surface area contributed by atoms with Crippen molar-refractivity contribution in [2.45, 2.75) is 25.5 Å². The van der Waals surface area contributed by atoms with Gasteiger partial charge >= 0.3 is 0 Å². The van der Waals surface area contributed by atoms with Crippen molar-refractivity contribution in [2.75, 3.05) is 4.90 Å². The number of ketones is 1. The molecule has 4 aromatic rings. The van der Waals surface area contributed by atoms with Crippen LogP contribution in [0.3, 0.4) is 0 Å². The van der Waals surface area contributed by atoms with Gasteiger partial charge in [-0.15, -0.1) is 0 Å². The minimum Gasteiger partial charge on any atom is -0.375 e. The van der Waals surface area contributed by atoms with Crippen LogP contribution in [0.4, 0.5) is 5.69 Å². The Morgan fingerprint density at radius 2 is 1.67 bits per heavy atom. The van der Waals surface area contributed by atoms with Gasteiger partial charge in [0.25, 0.3) is 5.91 Å². The number of aryl methyl sites for hydroxylation is 1. The molecular weight excluding hydrogens is 434 g/mol. The molecule has 33 heavy (non-hydrogen) atoms. The van der Waals surface area contributed by atoms with Crippen LogP contribution >= 0.6 is 11.6 Å². The van der Waals surface area contributed by atoms with Crippen LogP contribution in [0.2, 0.25) is 5.02 Å². The smallest absolute Gasteiger partial charge is 0.264 e. The zero-order chi connectivity index (χ0) is 23.2. The molecule has 5 rings (SSSR count). The third-order valence-corrected chi connectivity index (χ3v) is 6.48. The number of rotatable bonds is 5. The number of amides is 1. The Morgan fingerprint density at radius 3 is 2.42 bits per heavy atom. The van der Waals surface area contributed by atoms with Crippen LogP contribution in [0.1, 0.15) is 33.5 Å². The summed E-state index contributed by atoms with van der Waals surface area (Å²) in [6.07, 6.45) is -0.359. The van der Waals surface area contributed by atoms with E-state index < -0.39 is 11.5 Å². The van der Waals surface area contributed by atoms with Crippen molar-refractivity contribution < 1.29 is 14.7 Å². The summed E-state index contributed by atoms with van der Waals surface area (Å²) in [6, 6.07) is 26.0. The van der Waals surface area contributed by atoms with Crippen molar-refractivity contribution in [1.29, 1.82) is 0 Å². The van der Waals surface area contributed by atoms with Crippen molar-refractivity contribution in [2.24, 2.45) is 0 Å². The molecule has 4 aromatic carbocycles. The van der Waals surface area contributed by atoms with E-state index in [0.29, 0.717) is 28.4 Å². The summed E-state index contributed by atoms with van der Waals surface area (Å²) < 4.78 is 0. The highest BCUT2D eigenvalue weighted by molar-refractivity contribution is 6.31. The largest absolute Gasteiger partial charge is 0.375 e. The molecule has 0 bridgehead atoms. The van der Waals surface area contributed by atoms with Gasteiger partial charge in [0.1, 0.15) is 0 Å². The highest BCUT2D eigenvalue weighted by atomic mass is 35.5. The number of carbonyl (C=O) groups excluding carboxylic acids is 2. The minimum absolute atomic E-state index is 0.292. The lowest BCUT2D eigenvalue weighted by atomic mass is 9.87. The van der Waals surface area contributed by atoms with Crippen molar-refractivity contribution in [1.82, 2.24) is 0 Å². The molecule has 5 heteroatoms. The Balaban J connectivity index is 1.50. The fourth-order valence-electron chi connectivity index (χ4n) is 4.42. The molecule has 0 saturated carbocycles. The molecule has 0 fully saturated rings. The fraction of sp³-hybridized carbons (Fsp3) is 0.143. The zero-order valence-corrected chi connectivity index (χ0v) is 18.8. The average Bonchev–Trinajstić information content (AvgIpc) is 3.01. The second kappa shape index (κ2) is 8.14. The van der Waals surface area contributed by atoms with Gasteiger partial charge < -0.3 is 10.0 Å². The zero-order valence-electron chi connectivity index (χ0n) is 18.1. The molecule has 0 aromatic heterocycles. The average molecular weight is 456 g/mol. The number of fused-ring (bicyclic) bond motifs is 2. The maximum atomic E-state index is 13.5. The maximum absolute atomic E-state index is 13.5. The lowest BCUT2D eigenvalue weighted by Crippen LogP contribution is -2.41. The summed E-state index contributed by atoms with van der Waals surface area (Å²) in [5.41, 5.74) is 1.46. The highest BCUT2D eigenvalue weighted by Gasteiger charge is 2.51. The van der Waals surface area contributed by atoms with Crippen LogP contribution in [0.15, 0.2) is 84.9 Å². The van der Waals surface area contributed by atoms with Gasteiger partial charge in [-0.1, -0.05) is 77.8 Å². The quantitative estimate of drug-likeness (QED) is 0.386. The number of carbonyl (C=O) groups is 2. The molecule has 4 nitrogen and oxygen atoms in total. The molecule has 0 saturated heterocycles. The summed E-state index contributed by atoms with van der Waals surface area (Å²) in [5, 5.41) is 13.9. The van der Waals surface area contributed by atoms with Crippen LogP contribution in [-0.4, -0.2) is 16.8 Å². The maximum Gasteiger partial charge on any atom is 0.264 e. The van der Waals surface area contributed by atoms with Crippen LogP contribution in [0, 0.1) is 6.92 Å². The first-order valence-corrected chi connectivity index (χ1v) is 11.1. The Labute approximate surface area is 197 Å². The van der Waals surface area contributed by atoms with E-state index in [1.165, 1.54) is 4.90 Å². The molecule has 0 spiro atoms.